The molecule has 0 aliphatic rings. The van der Waals surface area contributed by atoms with Crippen LogP contribution in [0.3, 0.4) is 0 Å². The van der Waals surface area contributed by atoms with Gasteiger partial charge in [-0.25, -0.2) is 8.78 Å². The van der Waals surface area contributed by atoms with Gasteiger partial charge in [-0.3, -0.25) is 4.79 Å². The van der Waals surface area contributed by atoms with Crippen molar-refractivity contribution in [2.45, 2.75) is 12.8 Å². The molecule has 1 aromatic heterocycles. The zero-order valence-electron chi connectivity index (χ0n) is 7.04. The fraction of sp³-hybridized carbons (Fsp3) is 0.500. The van der Waals surface area contributed by atoms with Crippen molar-refractivity contribution < 1.29 is 13.6 Å². The average molecular weight is 222 g/mol. The molecule has 0 radical (unpaired) electrons. The minimum absolute atomic E-state index is 0.0683. The van der Waals surface area contributed by atoms with Gasteiger partial charge in [0.25, 0.3) is 6.43 Å². The van der Waals surface area contributed by atoms with Crippen molar-refractivity contribution in [2.75, 3.05) is 11.9 Å². The normalized spacial score (nSPS) is 10.6. The predicted molar refractivity (Wildman–Crippen MR) is 47.2 cm³/mol. The van der Waals surface area contributed by atoms with Gasteiger partial charge in [0.2, 0.25) is 11.0 Å². The Labute approximate surface area is 82.3 Å². The lowest BCUT2D eigenvalue weighted by Crippen LogP contribution is -2.15. The first kappa shape index (κ1) is 10.9. The van der Waals surface area contributed by atoms with Crippen LogP contribution in [0.25, 0.3) is 0 Å². The Morgan fingerprint density at radius 1 is 1.57 bits per heavy atom. The molecule has 1 rings (SSSR count). The summed E-state index contributed by atoms with van der Waals surface area (Å²) in [6.45, 7) is 0.201. The van der Waals surface area contributed by atoms with Gasteiger partial charge in [0.1, 0.15) is 0 Å². The molecule has 1 heterocycles. The Balaban J connectivity index is 2.55. The highest BCUT2D eigenvalue weighted by Crippen LogP contribution is 2.24. The van der Waals surface area contributed by atoms with Gasteiger partial charge < -0.3 is 11.1 Å². The SMILES string of the molecule is NCCC(=O)Nc1nnc(C(F)F)s1. The third-order valence-corrected chi connectivity index (χ3v) is 2.09. The van der Waals surface area contributed by atoms with Crippen LogP contribution in [0.5, 0.6) is 0 Å². The number of halogens is 2. The quantitative estimate of drug-likeness (QED) is 0.788. The molecule has 0 aliphatic heterocycles. The first-order valence-corrected chi connectivity index (χ1v) is 4.56. The molecule has 8 heteroatoms. The van der Waals surface area contributed by atoms with E-state index in [0.717, 1.165) is 0 Å². The summed E-state index contributed by atoms with van der Waals surface area (Å²) in [7, 11) is 0. The van der Waals surface area contributed by atoms with Crippen molar-refractivity contribution in [2.24, 2.45) is 5.73 Å². The third kappa shape index (κ3) is 2.96. The maximum atomic E-state index is 12.0. The zero-order chi connectivity index (χ0) is 10.6. The molecular weight excluding hydrogens is 214 g/mol. The van der Waals surface area contributed by atoms with Gasteiger partial charge >= 0.3 is 0 Å². The number of aromatic nitrogens is 2. The van der Waals surface area contributed by atoms with Crippen molar-refractivity contribution >= 4 is 22.4 Å². The van der Waals surface area contributed by atoms with E-state index in [0.29, 0.717) is 11.3 Å². The highest BCUT2D eigenvalue weighted by molar-refractivity contribution is 7.15. The van der Waals surface area contributed by atoms with E-state index in [1.165, 1.54) is 0 Å². The van der Waals surface area contributed by atoms with Crippen LogP contribution in [0.2, 0.25) is 0 Å². The molecule has 1 amide bonds. The highest BCUT2D eigenvalue weighted by Gasteiger charge is 2.14. The molecule has 0 atom stereocenters. The Hall–Kier alpha value is -1.15. The zero-order valence-corrected chi connectivity index (χ0v) is 7.85. The molecule has 1 aromatic rings. The molecule has 0 saturated carbocycles. The number of carbonyl (C=O) groups excluding carboxylic acids is 1. The van der Waals surface area contributed by atoms with Crippen LogP contribution in [0.4, 0.5) is 13.9 Å². The Kier molecular flexibility index (Phi) is 3.84. The number of hydrogen-bond donors (Lipinski definition) is 2. The van der Waals surface area contributed by atoms with Gasteiger partial charge in [0.05, 0.1) is 0 Å². The number of alkyl halides is 2. The van der Waals surface area contributed by atoms with Gasteiger partial charge in [0, 0.05) is 13.0 Å². The van der Waals surface area contributed by atoms with E-state index in [4.69, 9.17) is 5.73 Å². The number of hydrogen-bond acceptors (Lipinski definition) is 5. The fourth-order valence-corrected chi connectivity index (χ4v) is 1.30. The standard InChI is InChI=1S/C6H8F2N4OS/c7-4(8)5-11-12-6(14-5)10-3(13)1-2-9/h4H,1-2,9H2,(H,10,12,13). The van der Waals surface area contributed by atoms with E-state index < -0.39 is 11.4 Å². The van der Waals surface area contributed by atoms with Crippen LogP contribution in [-0.2, 0) is 4.79 Å². The number of nitrogens with one attached hydrogen (secondary N) is 1. The molecule has 5 nitrogen and oxygen atoms in total. The van der Waals surface area contributed by atoms with Crippen molar-refractivity contribution in [3.63, 3.8) is 0 Å². The largest absolute Gasteiger partial charge is 0.330 e. The molecule has 78 valence electrons. The molecule has 0 saturated heterocycles. The van der Waals surface area contributed by atoms with Gasteiger partial charge in [0.15, 0.2) is 5.01 Å². The lowest BCUT2D eigenvalue weighted by Gasteiger charge is -1.96. The molecule has 0 fully saturated rings. The topological polar surface area (TPSA) is 80.9 Å². The van der Waals surface area contributed by atoms with Crippen molar-refractivity contribution in [1.82, 2.24) is 10.2 Å². The van der Waals surface area contributed by atoms with Crippen LogP contribution < -0.4 is 11.1 Å². The Bertz CT molecular complexity index is 317. The highest BCUT2D eigenvalue weighted by atomic mass is 32.1. The molecular formula is C6H8F2N4OS. The molecule has 3 N–H and O–H groups in total. The second-order valence-corrected chi connectivity index (χ2v) is 3.34. The lowest BCUT2D eigenvalue weighted by molar-refractivity contribution is -0.116. The van der Waals surface area contributed by atoms with E-state index in [-0.39, 0.29) is 24.0 Å². The van der Waals surface area contributed by atoms with E-state index in [1.54, 1.807) is 0 Å². The molecule has 0 unspecified atom stereocenters. The lowest BCUT2D eigenvalue weighted by atomic mass is 10.4. The van der Waals surface area contributed by atoms with Crippen LogP contribution >= 0.6 is 11.3 Å². The first-order chi connectivity index (χ1) is 6.63. The molecule has 0 aromatic carbocycles. The minimum atomic E-state index is -2.66. The van der Waals surface area contributed by atoms with Crippen LogP contribution in [0, 0.1) is 0 Å². The van der Waals surface area contributed by atoms with E-state index >= 15 is 0 Å². The first-order valence-electron chi connectivity index (χ1n) is 3.75. The van der Waals surface area contributed by atoms with Crippen LogP contribution in [0.15, 0.2) is 0 Å². The van der Waals surface area contributed by atoms with E-state index in [2.05, 4.69) is 15.5 Å². The summed E-state index contributed by atoms with van der Waals surface area (Å²) in [4.78, 5) is 11.0. The summed E-state index contributed by atoms with van der Waals surface area (Å²) in [6.07, 6.45) is -2.53. The van der Waals surface area contributed by atoms with Gasteiger partial charge in [-0.15, -0.1) is 10.2 Å². The van der Waals surface area contributed by atoms with Crippen molar-refractivity contribution in [3.05, 3.63) is 5.01 Å². The predicted octanol–water partition coefficient (Wildman–Crippen LogP) is 0.763. The molecule has 0 spiro atoms. The Morgan fingerprint density at radius 3 is 2.79 bits per heavy atom. The monoisotopic (exact) mass is 222 g/mol. The van der Waals surface area contributed by atoms with E-state index in [9.17, 15) is 13.6 Å². The van der Waals surface area contributed by atoms with E-state index in [1.807, 2.05) is 0 Å². The maximum Gasteiger partial charge on any atom is 0.291 e. The summed E-state index contributed by atoms with van der Waals surface area (Å²) >= 11 is 0.650. The number of anilines is 1. The second kappa shape index (κ2) is 4.91. The molecule has 0 bridgehead atoms. The number of nitrogens with two attached hydrogens (primary N) is 1. The number of amides is 1. The fourth-order valence-electron chi connectivity index (χ4n) is 0.686. The average Bonchev–Trinajstić information content (AvgIpc) is 2.53. The van der Waals surface area contributed by atoms with Gasteiger partial charge in [-0.2, -0.15) is 0 Å². The maximum absolute atomic E-state index is 12.0. The third-order valence-electron chi connectivity index (χ3n) is 1.25. The van der Waals surface area contributed by atoms with Crippen molar-refractivity contribution in [1.29, 1.82) is 0 Å². The smallest absolute Gasteiger partial charge is 0.291 e. The van der Waals surface area contributed by atoms with Gasteiger partial charge in [-0.1, -0.05) is 11.3 Å². The second-order valence-electron chi connectivity index (χ2n) is 2.33. The summed E-state index contributed by atoms with van der Waals surface area (Å²) in [6, 6.07) is 0. The minimum Gasteiger partial charge on any atom is -0.330 e. The Morgan fingerprint density at radius 2 is 2.29 bits per heavy atom. The summed E-state index contributed by atoms with van der Waals surface area (Å²) in [5.41, 5.74) is 5.12. The van der Waals surface area contributed by atoms with Crippen LogP contribution in [0.1, 0.15) is 17.9 Å². The summed E-state index contributed by atoms with van der Waals surface area (Å²) in [5, 5.41) is 8.55. The summed E-state index contributed by atoms with van der Waals surface area (Å²) in [5.74, 6) is -0.357. The van der Waals surface area contributed by atoms with Crippen LogP contribution in [-0.4, -0.2) is 22.6 Å². The molecule has 0 aliphatic carbocycles. The number of nitrogens with zero attached hydrogens (tertiary/aromatic N) is 2. The van der Waals surface area contributed by atoms with Crippen molar-refractivity contribution in [3.8, 4) is 0 Å². The summed E-state index contributed by atoms with van der Waals surface area (Å²) < 4.78 is 24.1. The molecule has 14 heavy (non-hydrogen) atoms. The number of rotatable bonds is 4. The number of carbonyl (C=O) groups is 1. The van der Waals surface area contributed by atoms with Gasteiger partial charge in [-0.05, 0) is 0 Å².